The Hall–Kier alpha value is -1.43. The summed E-state index contributed by atoms with van der Waals surface area (Å²) in [6.07, 6.45) is 2.66. The van der Waals surface area contributed by atoms with Crippen LogP contribution in [-0.4, -0.2) is 52.8 Å². The maximum Gasteiger partial charge on any atom is 0.226 e. The molecule has 1 saturated heterocycles. The highest BCUT2D eigenvalue weighted by Gasteiger charge is 2.31. The van der Waals surface area contributed by atoms with Crippen LogP contribution in [0.25, 0.3) is 0 Å². The molecule has 2 heterocycles. The molecule has 0 bridgehead atoms. The maximum atomic E-state index is 12.7. The van der Waals surface area contributed by atoms with Gasteiger partial charge in [0.1, 0.15) is 0 Å². The van der Waals surface area contributed by atoms with E-state index in [-0.39, 0.29) is 17.7 Å². The van der Waals surface area contributed by atoms with Crippen LogP contribution in [0.2, 0.25) is 0 Å². The smallest absolute Gasteiger partial charge is 0.226 e. The van der Waals surface area contributed by atoms with Crippen molar-refractivity contribution in [2.75, 3.05) is 26.2 Å². The lowest BCUT2D eigenvalue weighted by Gasteiger charge is -2.36. The van der Waals surface area contributed by atoms with Crippen molar-refractivity contribution in [3.63, 3.8) is 0 Å². The van der Waals surface area contributed by atoms with E-state index < -0.39 is 0 Å². The molecule has 1 fully saturated rings. The first-order valence-corrected chi connectivity index (χ1v) is 8.35. The van der Waals surface area contributed by atoms with Gasteiger partial charge in [0.15, 0.2) is 0 Å². The number of thiazole rings is 1. The van der Waals surface area contributed by atoms with Gasteiger partial charge in [-0.1, -0.05) is 0 Å². The van der Waals surface area contributed by atoms with Crippen LogP contribution >= 0.6 is 11.3 Å². The third-order valence-corrected chi connectivity index (χ3v) is 5.47. The SMILES string of the molecule is CC(=O)N1CCN(C(=O)C2CCc3nc(C)sc3C2)CC1. The average Bonchev–Trinajstić information content (AvgIpc) is 2.85. The fraction of sp³-hybridized carbons (Fsp3) is 0.667. The van der Waals surface area contributed by atoms with Gasteiger partial charge in [-0.05, 0) is 26.2 Å². The van der Waals surface area contributed by atoms with E-state index in [1.54, 1.807) is 18.3 Å². The number of amides is 2. The summed E-state index contributed by atoms with van der Waals surface area (Å²) in [7, 11) is 0. The molecule has 1 atom stereocenters. The Bertz CT molecular complexity index is 561. The monoisotopic (exact) mass is 307 g/mol. The third-order valence-electron chi connectivity index (χ3n) is 4.43. The zero-order valence-corrected chi connectivity index (χ0v) is 13.4. The molecule has 2 aliphatic rings. The van der Waals surface area contributed by atoms with Gasteiger partial charge in [-0.25, -0.2) is 4.98 Å². The molecule has 0 aromatic carbocycles. The van der Waals surface area contributed by atoms with Crippen LogP contribution in [0.5, 0.6) is 0 Å². The second-order valence-electron chi connectivity index (χ2n) is 5.87. The number of fused-ring (bicyclic) bond motifs is 1. The molecule has 5 nitrogen and oxygen atoms in total. The van der Waals surface area contributed by atoms with Crippen LogP contribution in [0.1, 0.15) is 28.9 Å². The summed E-state index contributed by atoms with van der Waals surface area (Å²) in [5.41, 5.74) is 1.20. The van der Waals surface area contributed by atoms with Crippen LogP contribution < -0.4 is 0 Å². The summed E-state index contributed by atoms with van der Waals surface area (Å²) in [6.45, 7) is 6.29. The molecule has 21 heavy (non-hydrogen) atoms. The molecule has 1 aliphatic heterocycles. The summed E-state index contributed by atoms with van der Waals surface area (Å²) in [6, 6.07) is 0. The van der Waals surface area contributed by atoms with E-state index >= 15 is 0 Å². The standard InChI is InChI=1S/C15H21N3O2S/c1-10-16-13-4-3-12(9-14(13)21-10)15(20)18-7-5-17(6-8-18)11(2)19/h12H,3-9H2,1-2H3. The van der Waals surface area contributed by atoms with Crippen molar-refractivity contribution in [2.45, 2.75) is 33.1 Å². The Labute approximate surface area is 129 Å². The highest BCUT2D eigenvalue weighted by atomic mass is 32.1. The van der Waals surface area contributed by atoms with Crippen LogP contribution in [-0.2, 0) is 22.4 Å². The molecular formula is C15H21N3O2S. The van der Waals surface area contributed by atoms with Crippen LogP contribution in [0.4, 0.5) is 0 Å². The molecule has 2 amide bonds. The van der Waals surface area contributed by atoms with Gasteiger partial charge in [-0.15, -0.1) is 11.3 Å². The predicted octanol–water partition coefficient (Wildman–Crippen LogP) is 1.25. The molecule has 114 valence electrons. The lowest BCUT2D eigenvalue weighted by atomic mass is 9.90. The largest absolute Gasteiger partial charge is 0.339 e. The van der Waals surface area contributed by atoms with Gasteiger partial charge in [0.2, 0.25) is 11.8 Å². The minimum absolute atomic E-state index is 0.0984. The lowest BCUT2D eigenvalue weighted by Crippen LogP contribution is -2.51. The molecule has 1 aliphatic carbocycles. The molecular weight excluding hydrogens is 286 g/mol. The van der Waals surface area contributed by atoms with E-state index in [2.05, 4.69) is 4.98 Å². The third kappa shape index (κ3) is 2.95. The highest BCUT2D eigenvalue weighted by Crippen LogP contribution is 2.30. The number of hydrogen-bond acceptors (Lipinski definition) is 4. The fourth-order valence-electron chi connectivity index (χ4n) is 3.21. The number of piperazine rings is 1. The van der Waals surface area contributed by atoms with E-state index in [9.17, 15) is 9.59 Å². The molecule has 1 unspecified atom stereocenters. The first kappa shape index (κ1) is 14.5. The van der Waals surface area contributed by atoms with Crippen LogP contribution in [0, 0.1) is 12.8 Å². The minimum atomic E-state index is 0.0984. The number of rotatable bonds is 1. The van der Waals surface area contributed by atoms with Gasteiger partial charge in [0.25, 0.3) is 0 Å². The average molecular weight is 307 g/mol. The second-order valence-corrected chi connectivity index (χ2v) is 7.16. The van der Waals surface area contributed by atoms with Crippen molar-refractivity contribution in [3.05, 3.63) is 15.6 Å². The summed E-state index contributed by atoms with van der Waals surface area (Å²) < 4.78 is 0. The summed E-state index contributed by atoms with van der Waals surface area (Å²) in [4.78, 5) is 33.6. The second kappa shape index (κ2) is 5.75. The summed E-state index contributed by atoms with van der Waals surface area (Å²) >= 11 is 1.73. The molecule has 0 spiro atoms. The van der Waals surface area contributed by atoms with Crippen molar-refractivity contribution < 1.29 is 9.59 Å². The Balaban J connectivity index is 1.61. The predicted molar refractivity (Wildman–Crippen MR) is 81.2 cm³/mol. The van der Waals surface area contributed by atoms with Gasteiger partial charge in [-0.3, -0.25) is 9.59 Å². The van der Waals surface area contributed by atoms with E-state index in [1.165, 1.54) is 10.6 Å². The van der Waals surface area contributed by atoms with E-state index in [4.69, 9.17) is 0 Å². The number of nitrogens with zero attached hydrogens (tertiary/aromatic N) is 3. The highest BCUT2D eigenvalue weighted by molar-refractivity contribution is 7.11. The Kier molecular flexibility index (Phi) is 3.97. The zero-order valence-electron chi connectivity index (χ0n) is 12.6. The summed E-state index contributed by atoms with van der Waals surface area (Å²) in [5, 5.41) is 1.10. The molecule has 1 aromatic heterocycles. The van der Waals surface area contributed by atoms with Gasteiger partial charge in [-0.2, -0.15) is 0 Å². The molecule has 0 N–H and O–H groups in total. The Morgan fingerprint density at radius 3 is 2.52 bits per heavy atom. The molecule has 3 rings (SSSR count). The number of aryl methyl sites for hydroxylation is 2. The molecule has 0 radical (unpaired) electrons. The van der Waals surface area contributed by atoms with Crippen molar-refractivity contribution in [1.29, 1.82) is 0 Å². The number of hydrogen-bond donors (Lipinski definition) is 0. The normalized spacial score (nSPS) is 22.1. The Morgan fingerprint density at radius 2 is 1.86 bits per heavy atom. The van der Waals surface area contributed by atoms with Crippen molar-refractivity contribution >= 4 is 23.2 Å². The summed E-state index contributed by atoms with van der Waals surface area (Å²) in [5.74, 6) is 0.459. The minimum Gasteiger partial charge on any atom is -0.339 e. The van der Waals surface area contributed by atoms with E-state index in [0.29, 0.717) is 26.2 Å². The van der Waals surface area contributed by atoms with Crippen molar-refractivity contribution in [3.8, 4) is 0 Å². The van der Waals surface area contributed by atoms with Crippen molar-refractivity contribution in [1.82, 2.24) is 14.8 Å². The first-order chi connectivity index (χ1) is 10.0. The van der Waals surface area contributed by atoms with Gasteiger partial charge in [0.05, 0.1) is 10.7 Å². The number of aromatic nitrogens is 1. The number of carbonyl (C=O) groups is 2. The molecule has 6 heteroatoms. The van der Waals surface area contributed by atoms with E-state index in [0.717, 1.165) is 24.3 Å². The van der Waals surface area contributed by atoms with Crippen molar-refractivity contribution in [2.24, 2.45) is 5.92 Å². The zero-order chi connectivity index (χ0) is 15.0. The van der Waals surface area contributed by atoms with E-state index in [1.807, 2.05) is 16.7 Å². The topological polar surface area (TPSA) is 53.5 Å². The molecule has 0 saturated carbocycles. The van der Waals surface area contributed by atoms with Crippen LogP contribution in [0.15, 0.2) is 0 Å². The van der Waals surface area contributed by atoms with Gasteiger partial charge < -0.3 is 9.80 Å². The quantitative estimate of drug-likeness (QED) is 0.784. The Morgan fingerprint density at radius 1 is 1.19 bits per heavy atom. The number of carbonyl (C=O) groups excluding carboxylic acids is 2. The first-order valence-electron chi connectivity index (χ1n) is 7.54. The molecule has 1 aromatic rings. The fourth-order valence-corrected chi connectivity index (χ4v) is 4.28. The van der Waals surface area contributed by atoms with Gasteiger partial charge in [0, 0.05) is 43.9 Å². The maximum absolute atomic E-state index is 12.7. The van der Waals surface area contributed by atoms with Crippen LogP contribution in [0.3, 0.4) is 0 Å². The van der Waals surface area contributed by atoms with Gasteiger partial charge >= 0.3 is 0 Å². The lowest BCUT2D eigenvalue weighted by molar-refractivity contribution is -0.141.